The minimum absolute atomic E-state index is 0.156. The number of benzene rings is 4. The number of hydrogen-bond acceptors (Lipinski definition) is 9. The molecule has 9 rings (SSSR count). The molecule has 2 aliphatic rings. The molecule has 7 aromatic rings. The third-order valence-corrected chi connectivity index (χ3v) is 12.0. The largest absolute Gasteiger partial charge is 0.496 e. The quantitative estimate of drug-likeness (QED) is 0.114. The Morgan fingerprint density at radius 2 is 1.10 bits per heavy atom. The number of anilines is 2. The van der Waals surface area contributed by atoms with E-state index in [0.29, 0.717) is 88.9 Å². The maximum Gasteiger partial charge on any atom is 0.273 e. The van der Waals surface area contributed by atoms with Gasteiger partial charge in [0.25, 0.3) is 11.8 Å². The van der Waals surface area contributed by atoms with Crippen molar-refractivity contribution in [2.45, 2.75) is 37.8 Å². The number of imidazole rings is 1. The van der Waals surface area contributed by atoms with E-state index in [4.69, 9.17) is 32.7 Å². The number of carbonyl (C=O) groups is 4. The fourth-order valence-corrected chi connectivity index (χ4v) is 8.96. The maximum absolute atomic E-state index is 13.9. The molecular weight excluding hydrogens is 843 g/mol. The van der Waals surface area contributed by atoms with Crippen molar-refractivity contribution in [3.63, 3.8) is 0 Å². The summed E-state index contributed by atoms with van der Waals surface area (Å²) in [6.45, 7) is 0.810. The van der Waals surface area contributed by atoms with E-state index >= 15 is 0 Å². The summed E-state index contributed by atoms with van der Waals surface area (Å²) in [4.78, 5) is 74.7. The van der Waals surface area contributed by atoms with Gasteiger partial charge in [-0.2, -0.15) is 0 Å². The highest BCUT2D eigenvalue weighted by atomic mass is 35.5. The van der Waals surface area contributed by atoms with E-state index < -0.39 is 12.1 Å². The SMILES string of the molecule is COc1cccc2c(C(=O)N3CCC[C@H]3C(=O)Nc3ccc(-c4nc[nH]c4-c4ccc(NC(=O)[C@@H]5CCCN5C(=O)c5nc(Cl)cc6c(OC)cccc56)cc4)cc3)nc(Cl)cc12. The molecule has 0 spiro atoms. The van der Waals surface area contributed by atoms with Crippen molar-refractivity contribution in [2.24, 2.45) is 0 Å². The Kier molecular flexibility index (Phi) is 11.4. The zero-order valence-electron chi connectivity index (χ0n) is 34.2. The Balaban J connectivity index is 0.852. The van der Waals surface area contributed by atoms with Gasteiger partial charge in [-0.15, -0.1) is 0 Å². The number of hydrogen-bond donors (Lipinski definition) is 3. The summed E-state index contributed by atoms with van der Waals surface area (Å²) in [5.41, 5.74) is 4.56. The number of pyridine rings is 2. The van der Waals surface area contributed by atoms with Gasteiger partial charge >= 0.3 is 0 Å². The first-order valence-electron chi connectivity index (χ1n) is 20.4. The normalized spacial score (nSPS) is 16.1. The number of H-pyrrole nitrogens is 1. The van der Waals surface area contributed by atoms with E-state index in [9.17, 15) is 19.2 Å². The van der Waals surface area contributed by atoms with Crippen molar-refractivity contribution in [3.8, 4) is 34.0 Å². The number of ether oxygens (including phenoxy) is 2. The van der Waals surface area contributed by atoms with Crippen molar-refractivity contribution in [1.29, 1.82) is 0 Å². The highest BCUT2D eigenvalue weighted by molar-refractivity contribution is 6.31. The summed E-state index contributed by atoms with van der Waals surface area (Å²) in [5.74, 6) is -0.210. The number of fused-ring (bicyclic) bond motifs is 2. The lowest BCUT2D eigenvalue weighted by atomic mass is 10.0. The van der Waals surface area contributed by atoms with Crippen LogP contribution in [0.4, 0.5) is 11.4 Å². The third kappa shape index (κ3) is 7.99. The van der Waals surface area contributed by atoms with Gasteiger partial charge in [-0.3, -0.25) is 19.2 Å². The lowest BCUT2D eigenvalue weighted by molar-refractivity contribution is -0.120. The summed E-state index contributed by atoms with van der Waals surface area (Å²) in [6.07, 6.45) is 3.95. The van der Waals surface area contributed by atoms with Crippen LogP contribution in [0.3, 0.4) is 0 Å². The molecule has 2 aliphatic heterocycles. The van der Waals surface area contributed by atoms with Crippen LogP contribution in [0.25, 0.3) is 44.1 Å². The number of carbonyl (C=O) groups excluding carboxylic acids is 4. The molecule has 318 valence electrons. The Bertz CT molecular complexity index is 2730. The van der Waals surface area contributed by atoms with Crippen LogP contribution in [0.2, 0.25) is 10.3 Å². The summed E-state index contributed by atoms with van der Waals surface area (Å²) in [5, 5.41) is 8.79. The third-order valence-electron chi connectivity index (χ3n) is 11.6. The number of aromatic nitrogens is 4. The van der Waals surface area contributed by atoms with Gasteiger partial charge in [0.05, 0.1) is 31.9 Å². The molecule has 0 aliphatic carbocycles. The minimum atomic E-state index is -0.694. The molecule has 3 N–H and O–H groups in total. The minimum Gasteiger partial charge on any atom is -0.496 e. The molecule has 2 fully saturated rings. The zero-order valence-corrected chi connectivity index (χ0v) is 35.7. The molecule has 14 nitrogen and oxygen atoms in total. The van der Waals surface area contributed by atoms with Gasteiger partial charge in [-0.25, -0.2) is 15.0 Å². The second-order valence-electron chi connectivity index (χ2n) is 15.3. The van der Waals surface area contributed by atoms with Gasteiger partial charge in [-0.05, 0) is 74.2 Å². The van der Waals surface area contributed by atoms with E-state index in [-0.39, 0.29) is 45.3 Å². The molecule has 0 radical (unpaired) electrons. The number of amides is 4. The average molecular weight is 884 g/mol. The number of nitrogens with zero attached hydrogens (tertiary/aromatic N) is 5. The first-order chi connectivity index (χ1) is 30.6. The van der Waals surface area contributed by atoms with E-state index in [1.807, 2.05) is 24.3 Å². The van der Waals surface area contributed by atoms with Crippen LogP contribution in [-0.2, 0) is 9.59 Å². The predicted octanol–water partition coefficient (Wildman–Crippen LogP) is 8.65. The van der Waals surface area contributed by atoms with Crippen LogP contribution in [-0.4, -0.2) is 92.8 Å². The molecule has 0 unspecified atom stereocenters. The van der Waals surface area contributed by atoms with Crippen LogP contribution >= 0.6 is 23.2 Å². The molecule has 0 bridgehead atoms. The number of rotatable bonds is 10. The van der Waals surface area contributed by atoms with Crippen molar-refractivity contribution in [2.75, 3.05) is 37.9 Å². The van der Waals surface area contributed by atoms with Gasteiger partial charge in [-0.1, -0.05) is 71.7 Å². The molecule has 2 saturated heterocycles. The number of methoxy groups -OCH3 is 2. The molecule has 16 heteroatoms. The standard InChI is InChI=1S/C47H40Cl2N8O6/c1-62-36-11-3-7-30-32(36)23-38(48)54-42(30)46(60)56-21-5-9-34(56)44(58)52-28-17-13-26(14-18-28)40-41(51-25-50-40)27-15-19-29(20-16-27)53-45(59)35-10-6-22-57(35)47(61)43-31-8-4-12-37(63-2)33(31)24-39(49)55-43/h3-4,7-8,11-20,23-25,34-35H,5-6,9-10,21-22H2,1-2H3,(H,50,51)(H,52,58)(H,53,59)/t34-,35-/m0/s1. The summed E-state index contributed by atoms with van der Waals surface area (Å²) >= 11 is 12.7. The van der Waals surface area contributed by atoms with E-state index in [1.165, 1.54) is 0 Å². The van der Waals surface area contributed by atoms with Crippen molar-refractivity contribution in [3.05, 3.63) is 125 Å². The number of aromatic amines is 1. The molecule has 4 amide bonds. The van der Waals surface area contributed by atoms with Gasteiger partial charge in [0.1, 0.15) is 45.3 Å². The van der Waals surface area contributed by atoms with Gasteiger partial charge in [0.15, 0.2) is 0 Å². The smallest absolute Gasteiger partial charge is 0.273 e. The summed E-state index contributed by atoms with van der Waals surface area (Å²) in [7, 11) is 3.10. The Labute approximate surface area is 371 Å². The van der Waals surface area contributed by atoms with Gasteiger partial charge < -0.3 is 34.9 Å². The second kappa shape index (κ2) is 17.4. The Morgan fingerprint density at radius 3 is 1.56 bits per heavy atom. The topological polar surface area (TPSA) is 172 Å². The summed E-state index contributed by atoms with van der Waals surface area (Å²) < 4.78 is 11.0. The molecular formula is C47H40Cl2N8O6. The molecule has 5 heterocycles. The lowest BCUT2D eigenvalue weighted by Gasteiger charge is -2.24. The van der Waals surface area contributed by atoms with Crippen molar-refractivity contribution >= 4 is 79.8 Å². The molecule has 2 atom stereocenters. The number of likely N-dealkylation sites (tertiary alicyclic amines) is 2. The monoisotopic (exact) mass is 882 g/mol. The fourth-order valence-electron chi connectivity index (χ4n) is 8.57. The lowest BCUT2D eigenvalue weighted by Crippen LogP contribution is -2.43. The maximum atomic E-state index is 13.9. The molecule has 63 heavy (non-hydrogen) atoms. The van der Waals surface area contributed by atoms with E-state index in [1.54, 1.807) is 103 Å². The van der Waals surface area contributed by atoms with Gasteiger partial charge in [0.2, 0.25) is 11.8 Å². The number of nitrogens with one attached hydrogen (secondary N) is 3. The van der Waals surface area contributed by atoms with Crippen molar-refractivity contribution < 1.29 is 28.7 Å². The first-order valence-corrected chi connectivity index (χ1v) is 21.1. The van der Waals surface area contributed by atoms with Crippen molar-refractivity contribution in [1.82, 2.24) is 29.7 Å². The Morgan fingerprint density at radius 1 is 0.635 bits per heavy atom. The average Bonchev–Trinajstić information content (AvgIpc) is 4.11. The van der Waals surface area contributed by atoms with Crippen LogP contribution in [0.5, 0.6) is 11.5 Å². The molecule has 4 aromatic carbocycles. The summed E-state index contributed by atoms with van der Waals surface area (Å²) in [6, 6.07) is 27.3. The first kappa shape index (κ1) is 41.3. The van der Waals surface area contributed by atoms with Crippen LogP contribution in [0.15, 0.2) is 103 Å². The number of halogens is 2. The predicted molar refractivity (Wildman–Crippen MR) is 241 cm³/mol. The Hall–Kier alpha value is -7.03. The molecule has 0 saturated carbocycles. The second-order valence-corrected chi connectivity index (χ2v) is 16.0. The fraction of sp³-hybridized carbons (Fsp3) is 0.213. The highest BCUT2D eigenvalue weighted by Gasteiger charge is 2.37. The van der Waals surface area contributed by atoms with Crippen LogP contribution in [0.1, 0.15) is 46.7 Å². The van der Waals surface area contributed by atoms with E-state index in [0.717, 1.165) is 16.8 Å². The van der Waals surface area contributed by atoms with Crippen LogP contribution in [0, 0.1) is 0 Å². The van der Waals surface area contributed by atoms with E-state index in [2.05, 4.69) is 30.6 Å². The highest BCUT2D eigenvalue weighted by Crippen LogP contribution is 2.35. The zero-order chi connectivity index (χ0) is 43.8. The molecule has 3 aromatic heterocycles. The van der Waals surface area contributed by atoms with Crippen LogP contribution < -0.4 is 20.1 Å². The van der Waals surface area contributed by atoms with Gasteiger partial charge in [0, 0.05) is 57.1 Å².